The van der Waals surface area contributed by atoms with Crippen molar-refractivity contribution in [1.82, 2.24) is 20.1 Å². The van der Waals surface area contributed by atoms with E-state index in [9.17, 15) is 0 Å². The zero-order chi connectivity index (χ0) is 21.9. The van der Waals surface area contributed by atoms with Crippen LogP contribution in [0.1, 0.15) is 49.6 Å². The highest BCUT2D eigenvalue weighted by Gasteiger charge is 2.13. The first kappa shape index (κ1) is 27.8. The summed E-state index contributed by atoms with van der Waals surface area (Å²) in [6.07, 6.45) is 1.04. The van der Waals surface area contributed by atoms with Crippen LogP contribution in [-0.2, 0) is 17.8 Å². The van der Waals surface area contributed by atoms with Crippen molar-refractivity contribution >= 4 is 41.3 Å². The molecule has 2 unspecified atom stereocenters. The van der Waals surface area contributed by atoms with E-state index in [1.54, 1.807) is 18.4 Å². The molecule has 0 aliphatic carbocycles. The highest BCUT2D eigenvalue weighted by molar-refractivity contribution is 14.0. The normalized spacial score (nSPS) is 13.6. The number of rotatable bonds is 11. The number of ether oxygens (including phenoxy) is 1. The van der Waals surface area contributed by atoms with Gasteiger partial charge in [-0.2, -0.15) is 0 Å². The van der Waals surface area contributed by atoms with E-state index < -0.39 is 0 Å². The molecule has 2 atom stereocenters. The third-order valence-corrected chi connectivity index (χ3v) is 6.26. The molecule has 2 rings (SSSR count). The number of aromatic nitrogens is 1. The van der Waals surface area contributed by atoms with Gasteiger partial charge >= 0.3 is 0 Å². The number of nitrogens with one attached hydrogen (secondary N) is 1. The van der Waals surface area contributed by atoms with Gasteiger partial charge in [0.15, 0.2) is 5.96 Å². The van der Waals surface area contributed by atoms with Gasteiger partial charge in [-0.3, -0.25) is 9.89 Å². The van der Waals surface area contributed by atoms with Gasteiger partial charge in [0, 0.05) is 45.2 Å². The predicted molar refractivity (Wildman–Crippen MR) is 142 cm³/mol. The molecule has 0 saturated carbocycles. The molecule has 0 fully saturated rings. The largest absolute Gasteiger partial charge is 0.375 e. The topological polar surface area (TPSA) is 53.0 Å². The van der Waals surface area contributed by atoms with E-state index in [2.05, 4.69) is 78.8 Å². The van der Waals surface area contributed by atoms with Gasteiger partial charge in [-0.1, -0.05) is 30.3 Å². The van der Waals surface area contributed by atoms with Crippen LogP contribution >= 0.6 is 35.3 Å². The molecule has 31 heavy (non-hydrogen) atoms. The highest BCUT2D eigenvalue weighted by Crippen LogP contribution is 2.21. The molecule has 1 aromatic heterocycles. The summed E-state index contributed by atoms with van der Waals surface area (Å²) in [6.45, 7) is 9.70. The predicted octanol–water partition coefficient (Wildman–Crippen LogP) is 4.78. The lowest BCUT2D eigenvalue weighted by atomic mass is 10.1. The summed E-state index contributed by atoms with van der Waals surface area (Å²) in [7, 11) is 5.96. The van der Waals surface area contributed by atoms with Crippen LogP contribution in [0.5, 0.6) is 0 Å². The van der Waals surface area contributed by atoms with Crippen LogP contribution in [0.3, 0.4) is 0 Å². The average molecular weight is 560 g/mol. The number of aliphatic imine (C=N–C) groups is 1. The molecule has 0 radical (unpaired) electrons. The second-order valence-corrected chi connectivity index (χ2v) is 8.57. The molecular weight excluding hydrogens is 521 g/mol. The lowest BCUT2D eigenvalue weighted by Crippen LogP contribution is -2.39. The molecular formula is C23H38IN5OS. The molecule has 2 aromatic rings. The average Bonchev–Trinajstić information content (AvgIpc) is 3.21. The van der Waals surface area contributed by atoms with Gasteiger partial charge in [0.2, 0.25) is 0 Å². The minimum Gasteiger partial charge on any atom is -0.375 e. The second kappa shape index (κ2) is 14.8. The van der Waals surface area contributed by atoms with Crippen LogP contribution in [0.2, 0.25) is 0 Å². The molecule has 0 aliphatic heterocycles. The number of hydrogen-bond donors (Lipinski definition) is 1. The van der Waals surface area contributed by atoms with Crippen LogP contribution in [0, 0.1) is 0 Å². The minimum atomic E-state index is 0. The summed E-state index contributed by atoms with van der Waals surface area (Å²) >= 11 is 1.65. The first-order valence-electron chi connectivity index (χ1n) is 10.6. The van der Waals surface area contributed by atoms with Crippen LogP contribution in [0.4, 0.5) is 0 Å². The Morgan fingerprint density at radius 1 is 1.19 bits per heavy atom. The molecule has 0 aliphatic rings. The van der Waals surface area contributed by atoms with Gasteiger partial charge < -0.3 is 15.0 Å². The minimum absolute atomic E-state index is 0. The number of hydrogen-bond acceptors (Lipinski definition) is 5. The Labute approximate surface area is 209 Å². The van der Waals surface area contributed by atoms with Gasteiger partial charge in [-0.05, 0) is 39.8 Å². The Balaban J connectivity index is 0.00000480. The van der Waals surface area contributed by atoms with Gasteiger partial charge in [0.05, 0.1) is 12.2 Å². The summed E-state index contributed by atoms with van der Waals surface area (Å²) in [5.74, 6) is 0.921. The van der Waals surface area contributed by atoms with Gasteiger partial charge in [0.1, 0.15) is 11.1 Å². The van der Waals surface area contributed by atoms with Gasteiger partial charge in [-0.25, -0.2) is 4.98 Å². The molecule has 1 aromatic carbocycles. The standard InChI is InChI=1S/C23H37N5OS.HI/c1-7-24-23(28(5)16-21-17-30-22(26-21)19(3)29-6)25-14-13-18(2)27(4)15-20-11-9-8-10-12-20;/h8-12,17-19H,7,13-16H2,1-6H3,(H,24,25);1H. The number of halogens is 1. The second-order valence-electron chi connectivity index (χ2n) is 7.69. The number of benzene rings is 1. The van der Waals surface area contributed by atoms with E-state index in [0.29, 0.717) is 6.04 Å². The van der Waals surface area contributed by atoms with E-state index in [1.807, 2.05) is 6.92 Å². The first-order valence-corrected chi connectivity index (χ1v) is 11.5. The van der Waals surface area contributed by atoms with Crippen LogP contribution in [0.25, 0.3) is 0 Å². The number of thiazole rings is 1. The van der Waals surface area contributed by atoms with E-state index in [1.165, 1.54) is 5.56 Å². The van der Waals surface area contributed by atoms with E-state index in [4.69, 9.17) is 14.7 Å². The maximum atomic E-state index is 5.37. The molecule has 6 nitrogen and oxygen atoms in total. The van der Waals surface area contributed by atoms with Crippen molar-refractivity contribution in [3.63, 3.8) is 0 Å². The lowest BCUT2D eigenvalue weighted by molar-refractivity contribution is 0.119. The van der Waals surface area contributed by atoms with Crippen molar-refractivity contribution in [2.24, 2.45) is 4.99 Å². The summed E-state index contributed by atoms with van der Waals surface area (Å²) in [5.41, 5.74) is 2.39. The summed E-state index contributed by atoms with van der Waals surface area (Å²) in [4.78, 5) is 14.1. The van der Waals surface area contributed by atoms with Gasteiger partial charge in [-0.15, -0.1) is 35.3 Å². The van der Waals surface area contributed by atoms with E-state index in [-0.39, 0.29) is 30.1 Å². The van der Waals surface area contributed by atoms with Crippen molar-refractivity contribution in [2.75, 3.05) is 34.3 Å². The Morgan fingerprint density at radius 3 is 2.55 bits per heavy atom. The Morgan fingerprint density at radius 2 is 1.90 bits per heavy atom. The molecule has 8 heteroatoms. The maximum Gasteiger partial charge on any atom is 0.194 e. The SMILES string of the molecule is CCNC(=NCCC(C)N(C)Cc1ccccc1)N(C)Cc1csc(C(C)OC)n1.I. The monoisotopic (exact) mass is 559 g/mol. The van der Waals surface area contributed by atoms with Gasteiger partial charge in [0.25, 0.3) is 0 Å². The van der Waals surface area contributed by atoms with Crippen molar-refractivity contribution in [1.29, 1.82) is 0 Å². The number of methoxy groups -OCH3 is 1. The quantitative estimate of drug-likeness (QED) is 0.244. The number of guanidine groups is 1. The smallest absolute Gasteiger partial charge is 0.194 e. The maximum absolute atomic E-state index is 5.37. The highest BCUT2D eigenvalue weighted by atomic mass is 127. The fraction of sp³-hybridized carbons (Fsp3) is 0.565. The molecule has 174 valence electrons. The third kappa shape index (κ3) is 9.43. The number of nitrogens with zero attached hydrogens (tertiary/aromatic N) is 4. The van der Waals surface area contributed by atoms with Crippen LogP contribution < -0.4 is 5.32 Å². The van der Waals surface area contributed by atoms with Crippen LogP contribution in [-0.4, -0.2) is 61.1 Å². The summed E-state index contributed by atoms with van der Waals surface area (Å²) in [5, 5.41) is 6.51. The summed E-state index contributed by atoms with van der Waals surface area (Å²) in [6, 6.07) is 11.1. The van der Waals surface area contributed by atoms with Crippen molar-refractivity contribution in [3.05, 3.63) is 52.0 Å². The fourth-order valence-corrected chi connectivity index (χ4v) is 3.92. The summed E-state index contributed by atoms with van der Waals surface area (Å²) < 4.78 is 5.37. The molecule has 0 spiro atoms. The van der Waals surface area contributed by atoms with E-state index in [0.717, 1.165) is 49.3 Å². The Kier molecular flexibility index (Phi) is 13.2. The van der Waals surface area contributed by atoms with Crippen molar-refractivity contribution < 1.29 is 4.74 Å². The Bertz CT molecular complexity index is 770. The first-order chi connectivity index (χ1) is 14.4. The zero-order valence-corrected chi connectivity index (χ0v) is 22.8. The zero-order valence-electron chi connectivity index (χ0n) is 19.7. The lowest BCUT2D eigenvalue weighted by Gasteiger charge is -2.25. The molecule has 0 saturated heterocycles. The third-order valence-electron chi connectivity index (χ3n) is 5.20. The van der Waals surface area contributed by atoms with E-state index >= 15 is 0 Å². The molecule has 0 amide bonds. The van der Waals surface area contributed by atoms with Crippen LogP contribution in [0.15, 0.2) is 40.7 Å². The Hall–Kier alpha value is -1.23. The van der Waals surface area contributed by atoms with Crippen molar-refractivity contribution in [3.8, 4) is 0 Å². The molecule has 0 bridgehead atoms. The fourth-order valence-electron chi connectivity index (χ4n) is 3.08. The molecule has 1 N–H and O–H groups in total. The molecule has 1 heterocycles. The van der Waals surface area contributed by atoms with Crippen molar-refractivity contribution in [2.45, 2.75) is 52.4 Å².